The normalized spacial score (nSPS) is 10.7. The van der Waals surface area contributed by atoms with Crippen LogP contribution in [0.1, 0.15) is 41.8 Å². The Hall–Kier alpha value is -2.08. The topological polar surface area (TPSA) is 84.9 Å². The van der Waals surface area contributed by atoms with Gasteiger partial charge in [0.1, 0.15) is 5.75 Å². The van der Waals surface area contributed by atoms with E-state index in [0.717, 1.165) is 24.2 Å². The van der Waals surface area contributed by atoms with E-state index in [4.69, 9.17) is 14.6 Å². The number of rotatable bonds is 10. The molecular formula is C18H27NO5. The van der Waals surface area contributed by atoms with Crippen LogP contribution >= 0.6 is 0 Å². The molecule has 134 valence electrons. The lowest BCUT2D eigenvalue weighted by Gasteiger charge is -2.13. The molecule has 1 aromatic rings. The molecule has 6 nitrogen and oxygen atoms in total. The van der Waals surface area contributed by atoms with Gasteiger partial charge in [0.25, 0.3) is 5.91 Å². The average Bonchev–Trinajstić information content (AvgIpc) is 2.48. The molecule has 0 aromatic heterocycles. The SMILES string of the molecule is Cc1cc(C(=O)NCCCOCC(C)C)cc(C)c1OCC(=O)O. The van der Waals surface area contributed by atoms with Crippen LogP contribution in [-0.4, -0.2) is 43.3 Å². The van der Waals surface area contributed by atoms with Crippen LogP contribution in [0.5, 0.6) is 5.75 Å². The molecule has 0 heterocycles. The third kappa shape index (κ3) is 7.00. The highest BCUT2D eigenvalue weighted by Gasteiger charge is 2.12. The van der Waals surface area contributed by atoms with Gasteiger partial charge in [-0.25, -0.2) is 4.79 Å². The third-order valence-corrected chi connectivity index (χ3v) is 3.26. The Morgan fingerprint density at radius 1 is 1.21 bits per heavy atom. The maximum atomic E-state index is 12.2. The third-order valence-electron chi connectivity index (χ3n) is 3.26. The highest BCUT2D eigenvalue weighted by molar-refractivity contribution is 5.94. The minimum absolute atomic E-state index is 0.158. The van der Waals surface area contributed by atoms with E-state index < -0.39 is 12.6 Å². The van der Waals surface area contributed by atoms with E-state index in [2.05, 4.69) is 19.2 Å². The molecule has 0 saturated carbocycles. The Kier molecular flexibility index (Phi) is 8.26. The summed E-state index contributed by atoms with van der Waals surface area (Å²) < 4.78 is 10.7. The number of ether oxygens (including phenoxy) is 2. The van der Waals surface area contributed by atoms with Gasteiger partial charge < -0.3 is 19.9 Å². The Morgan fingerprint density at radius 2 is 1.83 bits per heavy atom. The second-order valence-electron chi connectivity index (χ2n) is 6.20. The number of carbonyl (C=O) groups is 2. The molecule has 0 aliphatic carbocycles. The Balaban J connectivity index is 2.51. The van der Waals surface area contributed by atoms with Crippen LogP contribution in [0.3, 0.4) is 0 Å². The van der Waals surface area contributed by atoms with Crippen LogP contribution in [0, 0.1) is 19.8 Å². The van der Waals surface area contributed by atoms with Crippen molar-refractivity contribution in [3.05, 3.63) is 28.8 Å². The quantitative estimate of drug-likeness (QED) is 0.641. The maximum Gasteiger partial charge on any atom is 0.341 e. The second kappa shape index (κ2) is 9.93. The molecule has 0 atom stereocenters. The van der Waals surface area contributed by atoms with Gasteiger partial charge in [-0.1, -0.05) is 13.8 Å². The monoisotopic (exact) mass is 337 g/mol. The van der Waals surface area contributed by atoms with Gasteiger partial charge in [0.05, 0.1) is 0 Å². The van der Waals surface area contributed by atoms with Crippen molar-refractivity contribution < 1.29 is 24.2 Å². The van der Waals surface area contributed by atoms with Crippen molar-refractivity contribution in [3.63, 3.8) is 0 Å². The standard InChI is InChI=1S/C18H27NO5/c1-12(2)10-23-7-5-6-19-18(22)15-8-13(3)17(14(4)9-15)24-11-16(20)21/h8-9,12H,5-7,10-11H2,1-4H3,(H,19,22)(H,20,21). The van der Waals surface area contributed by atoms with Crippen molar-refractivity contribution in [2.45, 2.75) is 34.1 Å². The van der Waals surface area contributed by atoms with Crippen molar-refractivity contribution in [1.29, 1.82) is 0 Å². The largest absolute Gasteiger partial charge is 0.481 e. The van der Waals surface area contributed by atoms with Crippen LogP contribution in [0.4, 0.5) is 0 Å². The number of hydrogen-bond acceptors (Lipinski definition) is 4. The van der Waals surface area contributed by atoms with Crippen LogP contribution < -0.4 is 10.1 Å². The smallest absolute Gasteiger partial charge is 0.341 e. The van der Waals surface area contributed by atoms with Crippen LogP contribution in [-0.2, 0) is 9.53 Å². The molecule has 24 heavy (non-hydrogen) atoms. The molecule has 0 bridgehead atoms. The molecule has 0 radical (unpaired) electrons. The first-order valence-electron chi connectivity index (χ1n) is 8.13. The van der Waals surface area contributed by atoms with E-state index in [1.165, 1.54) is 0 Å². The zero-order chi connectivity index (χ0) is 18.1. The number of amides is 1. The fourth-order valence-corrected chi connectivity index (χ4v) is 2.24. The van der Waals surface area contributed by atoms with Crippen LogP contribution in [0.25, 0.3) is 0 Å². The second-order valence-corrected chi connectivity index (χ2v) is 6.20. The molecule has 0 aliphatic heterocycles. The van der Waals surface area contributed by atoms with Crippen LogP contribution in [0.15, 0.2) is 12.1 Å². The summed E-state index contributed by atoms with van der Waals surface area (Å²) in [5.74, 6) is -0.173. The molecule has 0 saturated heterocycles. The predicted octanol–water partition coefficient (Wildman–Crippen LogP) is 2.56. The van der Waals surface area contributed by atoms with E-state index in [1.807, 2.05) is 0 Å². The van der Waals surface area contributed by atoms with E-state index in [1.54, 1.807) is 26.0 Å². The zero-order valence-electron chi connectivity index (χ0n) is 14.8. The lowest BCUT2D eigenvalue weighted by atomic mass is 10.1. The Morgan fingerprint density at radius 3 is 2.38 bits per heavy atom. The van der Waals surface area contributed by atoms with Gasteiger partial charge in [-0.15, -0.1) is 0 Å². The molecule has 0 fully saturated rings. The van der Waals surface area contributed by atoms with Crippen molar-refractivity contribution in [2.75, 3.05) is 26.4 Å². The first kappa shape index (κ1) is 20.0. The predicted molar refractivity (Wildman–Crippen MR) is 91.7 cm³/mol. The number of benzene rings is 1. The summed E-state index contributed by atoms with van der Waals surface area (Å²) in [6.07, 6.45) is 0.760. The zero-order valence-corrected chi connectivity index (χ0v) is 14.8. The molecule has 0 spiro atoms. The van der Waals surface area contributed by atoms with Gasteiger partial charge in [0, 0.05) is 25.3 Å². The molecule has 6 heteroatoms. The summed E-state index contributed by atoms with van der Waals surface area (Å²) >= 11 is 0. The average molecular weight is 337 g/mol. The van der Waals surface area contributed by atoms with E-state index in [-0.39, 0.29) is 5.91 Å². The highest BCUT2D eigenvalue weighted by Crippen LogP contribution is 2.24. The molecule has 0 aliphatic rings. The summed E-state index contributed by atoms with van der Waals surface area (Å²) in [5.41, 5.74) is 2.01. The van der Waals surface area contributed by atoms with Gasteiger partial charge >= 0.3 is 5.97 Å². The van der Waals surface area contributed by atoms with Gasteiger partial charge in [0.15, 0.2) is 6.61 Å². The lowest BCUT2D eigenvalue weighted by Crippen LogP contribution is -2.25. The van der Waals surface area contributed by atoms with E-state index in [9.17, 15) is 9.59 Å². The number of hydrogen-bond donors (Lipinski definition) is 2. The van der Waals surface area contributed by atoms with Crippen LogP contribution in [0.2, 0.25) is 0 Å². The number of nitrogens with one attached hydrogen (secondary N) is 1. The lowest BCUT2D eigenvalue weighted by molar-refractivity contribution is -0.139. The summed E-state index contributed by atoms with van der Waals surface area (Å²) in [7, 11) is 0. The molecule has 2 N–H and O–H groups in total. The fourth-order valence-electron chi connectivity index (χ4n) is 2.24. The fraction of sp³-hybridized carbons (Fsp3) is 0.556. The van der Waals surface area contributed by atoms with Gasteiger partial charge in [-0.2, -0.15) is 0 Å². The van der Waals surface area contributed by atoms with Crippen molar-refractivity contribution in [3.8, 4) is 5.75 Å². The summed E-state index contributed by atoms with van der Waals surface area (Å²) in [5, 5.41) is 11.5. The highest BCUT2D eigenvalue weighted by atomic mass is 16.5. The molecular weight excluding hydrogens is 310 g/mol. The molecule has 1 aromatic carbocycles. The first-order chi connectivity index (χ1) is 11.3. The maximum absolute atomic E-state index is 12.2. The summed E-state index contributed by atoms with van der Waals surface area (Å²) in [6, 6.07) is 3.41. The van der Waals surface area contributed by atoms with E-state index >= 15 is 0 Å². The summed E-state index contributed by atoms with van der Waals surface area (Å²) in [4.78, 5) is 22.8. The molecule has 0 unspecified atom stereocenters. The van der Waals surface area contributed by atoms with Gasteiger partial charge in [-0.3, -0.25) is 4.79 Å². The van der Waals surface area contributed by atoms with Crippen molar-refractivity contribution in [2.24, 2.45) is 5.92 Å². The van der Waals surface area contributed by atoms with Crippen molar-refractivity contribution >= 4 is 11.9 Å². The number of carboxylic acid groups (broad SMARTS) is 1. The Labute approximate surface area is 143 Å². The molecule has 1 rings (SSSR count). The summed E-state index contributed by atoms with van der Waals surface area (Å²) in [6.45, 7) is 9.27. The first-order valence-corrected chi connectivity index (χ1v) is 8.13. The minimum atomic E-state index is -1.03. The number of carbonyl (C=O) groups excluding carboxylic acids is 1. The van der Waals surface area contributed by atoms with Crippen molar-refractivity contribution in [1.82, 2.24) is 5.32 Å². The number of aliphatic carboxylic acids is 1. The molecule has 1 amide bonds. The van der Waals surface area contributed by atoms with Gasteiger partial charge in [-0.05, 0) is 49.4 Å². The number of carboxylic acids is 1. The Bertz CT molecular complexity index is 546. The van der Waals surface area contributed by atoms with Gasteiger partial charge in [0.2, 0.25) is 0 Å². The van der Waals surface area contributed by atoms with E-state index in [0.29, 0.717) is 30.4 Å². The minimum Gasteiger partial charge on any atom is -0.481 e. The number of aryl methyl sites for hydroxylation is 2.